The number of ether oxygens (including phenoxy) is 1. The van der Waals surface area contributed by atoms with Gasteiger partial charge in [0.2, 0.25) is 0 Å². The molecule has 0 radical (unpaired) electrons. The standard InChI is InChI=1S/C37H39N6O18P3/c44-21-6-9-24-28(14-21)58-29-15-22(45)7-10-25(29)32(24)26-13-20(5-8-23(26)37(48)49)36(47)39-12-4-2-1-3-11-38-34-33-35(41-18-40-34)43(19-42-33)31-16-27(46)30(59-31)17-57-63(53,54)61-64(55,56)60-62(50,51)52/h5-10,13-15,18-19,27,30-31,44,46H,1-4,11-12,16-17H2,(H,39,47)(H,48,49)(H,53,54)(H,55,56)(H,38,40,41)(H2,50,51,52)/t27-,30+,31+/m0/s1. The SMILES string of the molecule is O=C(NCCCCCCNc1ncnc2c1ncn2[C@H]1C[C@H](O)[C@@H](COP(=O)(O)OP(=O)(O)OP(=O)(O)O)O1)c1ccc(C(=O)O)c(-c2c3ccc(=O)cc-3oc3cc(O)ccc23)c1. The van der Waals surface area contributed by atoms with Crippen molar-refractivity contribution in [2.24, 2.45) is 0 Å². The number of carboxylic acid groups (broad SMARTS) is 1. The quantitative estimate of drug-likeness (QED) is 0.0306. The number of aliphatic hydroxyl groups excluding tert-OH is 1. The lowest BCUT2D eigenvalue weighted by Gasteiger charge is -2.19. The number of carbonyl (C=O) groups excluding carboxylic acids is 1. The van der Waals surface area contributed by atoms with Crippen LogP contribution in [-0.2, 0) is 31.6 Å². The van der Waals surface area contributed by atoms with Crippen molar-refractivity contribution in [2.75, 3.05) is 25.0 Å². The highest BCUT2D eigenvalue weighted by Gasteiger charge is 2.43. The molecule has 4 aromatic rings. The van der Waals surface area contributed by atoms with Crippen LogP contribution >= 0.6 is 23.5 Å². The number of hydrogen-bond acceptors (Lipinski definition) is 17. The summed E-state index contributed by atoms with van der Waals surface area (Å²) >= 11 is 0. The summed E-state index contributed by atoms with van der Waals surface area (Å²) in [4.78, 5) is 87.2. The Hall–Kier alpha value is -5.45. The number of phosphoric ester groups is 1. The van der Waals surface area contributed by atoms with E-state index in [0.717, 1.165) is 12.8 Å². The Labute approximate surface area is 360 Å². The average Bonchev–Trinajstić information content (AvgIpc) is 3.81. The number of nitrogens with one attached hydrogen (secondary N) is 2. The van der Waals surface area contributed by atoms with Crippen molar-refractivity contribution < 1.29 is 80.5 Å². The van der Waals surface area contributed by atoms with Crippen molar-refractivity contribution >= 4 is 63.3 Å². The van der Waals surface area contributed by atoms with Gasteiger partial charge in [0.25, 0.3) is 5.91 Å². The Morgan fingerprint density at radius 1 is 0.875 bits per heavy atom. The van der Waals surface area contributed by atoms with Crippen LogP contribution in [-0.4, -0.2) is 98.2 Å². The number of nitrogens with zero attached hydrogens (tertiary/aromatic N) is 4. The van der Waals surface area contributed by atoms with Crippen LogP contribution in [0, 0.1) is 0 Å². The van der Waals surface area contributed by atoms with Crippen molar-refractivity contribution in [3.05, 3.63) is 88.6 Å². The van der Waals surface area contributed by atoms with Gasteiger partial charge in [-0.25, -0.2) is 33.4 Å². The van der Waals surface area contributed by atoms with Crippen molar-refractivity contribution in [2.45, 2.75) is 50.5 Å². The van der Waals surface area contributed by atoms with Crippen LogP contribution in [0.1, 0.15) is 59.0 Å². The van der Waals surface area contributed by atoms with Crippen LogP contribution < -0.4 is 16.1 Å². The molecule has 0 saturated carbocycles. The van der Waals surface area contributed by atoms with Gasteiger partial charge in [-0.3, -0.25) is 18.7 Å². The predicted molar refractivity (Wildman–Crippen MR) is 222 cm³/mol. The number of rotatable bonds is 19. The normalized spacial score (nSPS) is 18.5. The molecule has 1 amide bonds. The lowest BCUT2D eigenvalue weighted by molar-refractivity contribution is -0.0423. The third-order valence-corrected chi connectivity index (χ3v) is 13.6. The van der Waals surface area contributed by atoms with E-state index >= 15 is 0 Å². The van der Waals surface area contributed by atoms with Gasteiger partial charge in [0.15, 0.2) is 22.4 Å². The highest BCUT2D eigenvalue weighted by molar-refractivity contribution is 7.66. The maximum atomic E-state index is 13.3. The Bertz CT molecular complexity index is 2900. The van der Waals surface area contributed by atoms with E-state index in [9.17, 15) is 53.2 Å². The van der Waals surface area contributed by atoms with Crippen molar-refractivity contribution in [1.82, 2.24) is 24.8 Å². The molecule has 27 heteroatoms. The second-order valence-electron chi connectivity index (χ2n) is 14.3. The summed E-state index contributed by atoms with van der Waals surface area (Å²) < 4.78 is 59.7. The number of carbonyl (C=O) groups is 2. The number of benzene rings is 3. The number of aromatic nitrogens is 4. The largest absolute Gasteiger partial charge is 0.508 e. The van der Waals surface area contributed by atoms with Gasteiger partial charge in [0.1, 0.15) is 35.8 Å². The first-order chi connectivity index (χ1) is 30.3. The van der Waals surface area contributed by atoms with Gasteiger partial charge in [-0.2, -0.15) is 8.62 Å². The third-order valence-electron chi connectivity index (χ3n) is 9.83. The van der Waals surface area contributed by atoms with E-state index in [1.54, 1.807) is 6.07 Å². The highest BCUT2D eigenvalue weighted by atomic mass is 31.3. The molecule has 64 heavy (non-hydrogen) atoms. The number of unbranched alkanes of at least 4 members (excludes halogenated alkanes) is 3. The molecule has 340 valence electrons. The van der Waals surface area contributed by atoms with Crippen LogP contribution in [0.5, 0.6) is 5.75 Å². The Balaban J connectivity index is 0.896. The average molecular weight is 949 g/mol. The molecule has 1 fully saturated rings. The fourth-order valence-corrected chi connectivity index (χ4v) is 10.1. The number of imidazole rings is 1. The monoisotopic (exact) mass is 948 g/mol. The number of aromatic carboxylic acids is 1. The summed E-state index contributed by atoms with van der Waals surface area (Å²) in [5, 5.41) is 37.3. The van der Waals surface area contributed by atoms with E-state index in [1.807, 2.05) is 0 Å². The van der Waals surface area contributed by atoms with E-state index < -0.39 is 60.4 Å². The summed E-state index contributed by atoms with van der Waals surface area (Å²) in [6.45, 7) is -0.00446. The van der Waals surface area contributed by atoms with Crippen LogP contribution in [0.4, 0.5) is 5.82 Å². The Kier molecular flexibility index (Phi) is 13.8. The van der Waals surface area contributed by atoms with E-state index in [1.165, 1.54) is 65.8 Å². The molecule has 0 spiro atoms. The zero-order chi connectivity index (χ0) is 46.0. The molecule has 2 aromatic carbocycles. The second-order valence-corrected chi connectivity index (χ2v) is 18.8. The number of phenolic OH excluding ortho intramolecular Hbond substituents is 1. The van der Waals surface area contributed by atoms with Gasteiger partial charge < -0.3 is 54.7 Å². The maximum Gasteiger partial charge on any atom is 0.490 e. The second kappa shape index (κ2) is 18.9. The minimum atomic E-state index is -5.73. The van der Waals surface area contributed by atoms with Crippen molar-refractivity contribution in [1.29, 1.82) is 0 Å². The first-order valence-electron chi connectivity index (χ1n) is 19.2. The number of aliphatic hydroxyl groups is 1. The van der Waals surface area contributed by atoms with E-state index in [2.05, 4.69) is 38.7 Å². The zero-order valence-electron chi connectivity index (χ0n) is 33.0. The molecule has 7 rings (SSSR count). The summed E-state index contributed by atoms with van der Waals surface area (Å²) in [6, 6.07) is 12.7. The molecule has 24 nitrogen and oxygen atoms in total. The van der Waals surface area contributed by atoms with Gasteiger partial charge in [-0.05, 0) is 60.9 Å². The third kappa shape index (κ3) is 11.1. The molecule has 3 aliphatic rings. The fraction of sp³-hybridized carbons (Fsp3) is 0.297. The summed E-state index contributed by atoms with van der Waals surface area (Å²) in [5.74, 6) is -1.16. The number of phosphoric acid groups is 3. The number of fused-ring (bicyclic) bond motifs is 3. The lowest BCUT2D eigenvalue weighted by Crippen LogP contribution is -2.26. The Morgan fingerprint density at radius 2 is 1.64 bits per heavy atom. The molecule has 1 aliphatic carbocycles. The number of anilines is 1. The topological polar surface area (TPSA) is 362 Å². The van der Waals surface area contributed by atoms with Gasteiger partial charge in [-0.1, -0.05) is 12.8 Å². The summed E-state index contributed by atoms with van der Waals surface area (Å²) in [7, 11) is -16.7. The Morgan fingerprint density at radius 3 is 2.39 bits per heavy atom. The van der Waals surface area contributed by atoms with Crippen LogP contribution in [0.2, 0.25) is 0 Å². The molecule has 2 unspecified atom stereocenters. The first-order valence-corrected chi connectivity index (χ1v) is 23.7. The number of phenols is 1. The molecule has 0 bridgehead atoms. The zero-order valence-corrected chi connectivity index (χ0v) is 35.7. The minimum Gasteiger partial charge on any atom is -0.508 e. The molecular formula is C37H39N6O18P3. The highest BCUT2D eigenvalue weighted by Crippen LogP contribution is 2.66. The number of hydrogen-bond donors (Lipinski definition) is 9. The van der Waals surface area contributed by atoms with Crippen LogP contribution in [0.3, 0.4) is 0 Å². The maximum absolute atomic E-state index is 13.3. The molecule has 5 atom stereocenters. The van der Waals surface area contributed by atoms with E-state index in [0.29, 0.717) is 59.4 Å². The van der Waals surface area contributed by atoms with E-state index in [4.69, 9.17) is 18.9 Å². The number of amides is 1. The molecule has 2 aliphatic heterocycles. The van der Waals surface area contributed by atoms with Gasteiger partial charge >= 0.3 is 29.4 Å². The number of aromatic hydroxyl groups is 1. The molecule has 4 heterocycles. The fourth-order valence-electron chi connectivity index (χ4n) is 7.04. The van der Waals surface area contributed by atoms with Gasteiger partial charge in [0, 0.05) is 53.7 Å². The van der Waals surface area contributed by atoms with Gasteiger partial charge in [0.05, 0.1) is 24.6 Å². The van der Waals surface area contributed by atoms with Gasteiger partial charge in [-0.15, -0.1) is 0 Å². The molecule has 1 saturated heterocycles. The molecule has 2 aromatic heterocycles. The molecular weight excluding hydrogens is 909 g/mol. The van der Waals surface area contributed by atoms with Crippen LogP contribution in [0.15, 0.2) is 76.5 Å². The summed E-state index contributed by atoms with van der Waals surface area (Å²) in [6.07, 6.45) is 2.08. The molecule has 9 N–H and O–H groups in total. The number of carboxylic acids is 1. The van der Waals surface area contributed by atoms with Crippen molar-refractivity contribution in [3.63, 3.8) is 0 Å². The lowest BCUT2D eigenvalue weighted by atomic mass is 9.89. The summed E-state index contributed by atoms with van der Waals surface area (Å²) in [5.41, 5.74) is 1.81. The minimum absolute atomic E-state index is 0.0572. The van der Waals surface area contributed by atoms with Crippen LogP contribution in [0.25, 0.3) is 44.6 Å². The first kappa shape index (κ1) is 46.5. The smallest absolute Gasteiger partial charge is 0.490 e. The predicted octanol–water partition coefficient (Wildman–Crippen LogP) is 4.50. The van der Waals surface area contributed by atoms with Crippen molar-refractivity contribution in [3.8, 4) is 28.2 Å². The van der Waals surface area contributed by atoms with E-state index in [-0.39, 0.29) is 45.6 Å².